The molecular formula is C14H22N2O. The summed E-state index contributed by atoms with van der Waals surface area (Å²) in [6.07, 6.45) is 2.44. The van der Waals surface area contributed by atoms with E-state index in [2.05, 4.69) is 5.32 Å². The zero-order valence-electron chi connectivity index (χ0n) is 10.3. The van der Waals surface area contributed by atoms with Gasteiger partial charge in [0.05, 0.1) is 6.61 Å². The van der Waals surface area contributed by atoms with Gasteiger partial charge in [0.2, 0.25) is 0 Å². The fourth-order valence-electron chi connectivity index (χ4n) is 2.43. The summed E-state index contributed by atoms with van der Waals surface area (Å²) in [5, 5.41) is 3.39. The zero-order chi connectivity index (χ0) is 11.9. The molecule has 1 unspecified atom stereocenters. The maximum absolute atomic E-state index is 5.87. The SMILES string of the molecule is NCC(COc1ccccc1)C1CCNCC1. The number of nitrogens with two attached hydrogens (primary N) is 1. The van der Waals surface area contributed by atoms with Gasteiger partial charge < -0.3 is 15.8 Å². The lowest BCUT2D eigenvalue weighted by Gasteiger charge is -2.29. The van der Waals surface area contributed by atoms with Gasteiger partial charge in [-0.05, 0) is 50.5 Å². The van der Waals surface area contributed by atoms with E-state index >= 15 is 0 Å². The first-order valence-electron chi connectivity index (χ1n) is 6.49. The highest BCUT2D eigenvalue weighted by molar-refractivity contribution is 5.20. The van der Waals surface area contributed by atoms with Gasteiger partial charge in [-0.1, -0.05) is 18.2 Å². The van der Waals surface area contributed by atoms with Gasteiger partial charge in [-0.2, -0.15) is 0 Å². The second kappa shape index (κ2) is 6.62. The van der Waals surface area contributed by atoms with Crippen LogP contribution in [-0.2, 0) is 0 Å². The molecule has 0 spiro atoms. The second-order valence-electron chi connectivity index (χ2n) is 4.71. The molecule has 0 aliphatic carbocycles. The molecule has 2 rings (SSSR count). The highest BCUT2D eigenvalue weighted by atomic mass is 16.5. The summed E-state index contributed by atoms with van der Waals surface area (Å²) in [7, 11) is 0. The summed E-state index contributed by atoms with van der Waals surface area (Å²) in [4.78, 5) is 0. The van der Waals surface area contributed by atoms with Crippen LogP contribution in [0, 0.1) is 11.8 Å². The van der Waals surface area contributed by atoms with Crippen molar-refractivity contribution in [2.24, 2.45) is 17.6 Å². The summed E-state index contributed by atoms with van der Waals surface area (Å²) in [5.74, 6) is 2.14. The molecule has 3 N–H and O–H groups in total. The maximum Gasteiger partial charge on any atom is 0.119 e. The molecule has 3 heteroatoms. The van der Waals surface area contributed by atoms with Crippen LogP contribution < -0.4 is 15.8 Å². The average Bonchev–Trinajstić information content (AvgIpc) is 2.42. The monoisotopic (exact) mass is 234 g/mol. The van der Waals surface area contributed by atoms with E-state index in [0.29, 0.717) is 11.8 Å². The number of hydrogen-bond donors (Lipinski definition) is 2. The predicted molar refractivity (Wildman–Crippen MR) is 70.1 cm³/mol. The van der Waals surface area contributed by atoms with Crippen molar-refractivity contribution in [3.8, 4) is 5.75 Å². The molecule has 0 aromatic heterocycles. The Hall–Kier alpha value is -1.06. The van der Waals surface area contributed by atoms with Gasteiger partial charge in [-0.3, -0.25) is 0 Å². The van der Waals surface area contributed by atoms with E-state index in [1.54, 1.807) is 0 Å². The molecule has 1 heterocycles. The minimum atomic E-state index is 0.484. The van der Waals surface area contributed by atoms with Gasteiger partial charge in [0.25, 0.3) is 0 Å². The van der Waals surface area contributed by atoms with Crippen LogP contribution in [0.5, 0.6) is 5.75 Å². The fraction of sp³-hybridized carbons (Fsp3) is 0.571. The minimum absolute atomic E-state index is 0.484. The van der Waals surface area contributed by atoms with Gasteiger partial charge in [-0.25, -0.2) is 0 Å². The first-order valence-corrected chi connectivity index (χ1v) is 6.49. The van der Waals surface area contributed by atoms with Crippen molar-refractivity contribution in [3.63, 3.8) is 0 Å². The second-order valence-corrected chi connectivity index (χ2v) is 4.71. The fourth-order valence-corrected chi connectivity index (χ4v) is 2.43. The third kappa shape index (κ3) is 3.72. The molecule has 17 heavy (non-hydrogen) atoms. The Morgan fingerprint density at radius 1 is 1.24 bits per heavy atom. The Morgan fingerprint density at radius 2 is 1.94 bits per heavy atom. The predicted octanol–water partition coefficient (Wildman–Crippen LogP) is 1.64. The van der Waals surface area contributed by atoms with Gasteiger partial charge in [0.15, 0.2) is 0 Å². The van der Waals surface area contributed by atoms with Gasteiger partial charge in [0, 0.05) is 5.92 Å². The molecular weight excluding hydrogens is 212 g/mol. The van der Waals surface area contributed by atoms with Crippen LogP contribution in [0.15, 0.2) is 30.3 Å². The Bertz CT molecular complexity index is 309. The van der Waals surface area contributed by atoms with Crippen molar-refractivity contribution in [2.45, 2.75) is 12.8 Å². The summed E-state index contributed by atoms with van der Waals surface area (Å²) >= 11 is 0. The molecule has 1 saturated heterocycles. The Kier molecular flexibility index (Phi) is 4.83. The van der Waals surface area contributed by atoms with E-state index in [4.69, 9.17) is 10.5 Å². The molecule has 1 aromatic rings. The molecule has 1 aliphatic heterocycles. The van der Waals surface area contributed by atoms with E-state index < -0.39 is 0 Å². The zero-order valence-corrected chi connectivity index (χ0v) is 10.3. The first-order chi connectivity index (χ1) is 8.40. The molecule has 3 nitrogen and oxygen atoms in total. The molecule has 0 amide bonds. The average molecular weight is 234 g/mol. The van der Waals surface area contributed by atoms with Crippen LogP contribution in [-0.4, -0.2) is 26.2 Å². The van der Waals surface area contributed by atoms with Crippen LogP contribution in [0.25, 0.3) is 0 Å². The number of benzene rings is 1. The lowest BCUT2D eigenvalue weighted by Crippen LogP contribution is -2.37. The van der Waals surface area contributed by atoms with Crippen molar-refractivity contribution >= 4 is 0 Å². The van der Waals surface area contributed by atoms with Crippen molar-refractivity contribution in [1.29, 1.82) is 0 Å². The van der Waals surface area contributed by atoms with E-state index in [-0.39, 0.29) is 0 Å². The van der Waals surface area contributed by atoms with Crippen molar-refractivity contribution in [2.75, 3.05) is 26.2 Å². The third-order valence-corrected chi connectivity index (χ3v) is 3.56. The molecule has 0 saturated carbocycles. The number of para-hydroxylation sites is 1. The highest BCUT2D eigenvalue weighted by Gasteiger charge is 2.22. The quantitative estimate of drug-likeness (QED) is 0.814. The van der Waals surface area contributed by atoms with Crippen LogP contribution in [0.2, 0.25) is 0 Å². The normalized spacial score (nSPS) is 18.9. The molecule has 0 bridgehead atoms. The van der Waals surface area contributed by atoms with Crippen molar-refractivity contribution < 1.29 is 4.74 Å². The smallest absolute Gasteiger partial charge is 0.119 e. The third-order valence-electron chi connectivity index (χ3n) is 3.56. The van der Waals surface area contributed by atoms with Crippen molar-refractivity contribution in [3.05, 3.63) is 30.3 Å². The molecule has 1 aliphatic rings. The lowest BCUT2D eigenvalue weighted by molar-refractivity contribution is 0.172. The molecule has 94 valence electrons. The van der Waals surface area contributed by atoms with E-state index in [9.17, 15) is 0 Å². The Balaban J connectivity index is 1.82. The number of rotatable bonds is 5. The molecule has 1 atom stereocenters. The van der Waals surface area contributed by atoms with Gasteiger partial charge in [0.1, 0.15) is 5.75 Å². The topological polar surface area (TPSA) is 47.3 Å². The van der Waals surface area contributed by atoms with Crippen LogP contribution in [0.3, 0.4) is 0 Å². The van der Waals surface area contributed by atoms with E-state index in [1.807, 2.05) is 30.3 Å². The molecule has 1 aromatic carbocycles. The molecule has 1 fully saturated rings. The van der Waals surface area contributed by atoms with Gasteiger partial charge >= 0.3 is 0 Å². The summed E-state index contributed by atoms with van der Waals surface area (Å²) in [6, 6.07) is 9.99. The minimum Gasteiger partial charge on any atom is -0.493 e. The van der Waals surface area contributed by atoms with Crippen molar-refractivity contribution in [1.82, 2.24) is 5.32 Å². The summed E-state index contributed by atoms with van der Waals surface area (Å²) in [6.45, 7) is 3.70. The number of nitrogens with one attached hydrogen (secondary N) is 1. The first kappa shape index (κ1) is 12.4. The van der Waals surface area contributed by atoms with Crippen LogP contribution in [0.4, 0.5) is 0 Å². The Labute approximate surface area is 103 Å². The van der Waals surface area contributed by atoms with E-state index in [0.717, 1.165) is 32.0 Å². The highest BCUT2D eigenvalue weighted by Crippen LogP contribution is 2.22. The van der Waals surface area contributed by atoms with Gasteiger partial charge in [-0.15, -0.1) is 0 Å². The molecule has 0 radical (unpaired) electrons. The largest absolute Gasteiger partial charge is 0.493 e. The summed E-state index contributed by atoms with van der Waals surface area (Å²) < 4.78 is 5.81. The van der Waals surface area contributed by atoms with Crippen LogP contribution in [0.1, 0.15) is 12.8 Å². The van der Waals surface area contributed by atoms with Crippen LogP contribution >= 0.6 is 0 Å². The standard InChI is InChI=1S/C14H22N2O/c15-10-13(12-6-8-16-9-7-12)11-17-14-4-2-1-3-5-14/h1-5,12-13,16H,6-11,15H2. The number of piperidine rings is 1. The van der Waals surface area contributed by atoms with E-state index in [1.165, 1.54) is 12.8 Å². The Morgan fingerprint density at radius 3 is 2.59 bits per heavy atom. The number of ether oxygens (including phenoxy) is 1. The number of hydrogen-bond acceptors (Lipinski definition) is 3. The maximum atomic E-state index is 5.87. The lowest BCUT2D eigenvalue weighted by atomic mass is 9.85. The summed E-state index contributed by atoms with van der Waals surface area (Å²) in [5.41, 5.74) is 5.87.